The van der Waals surface area contributed by atoms with Gasteiger partial charge in [0.15, 0.2) is 0 Å². The summed E-state index contributed by atoms with van der Waals surface area (Å²) in [5.74, 6) is 8.72. The van der Waals surface area contributed by atoms with Crippen molar-refractivity contribution >= 4 is 23.5 Å². The maximum absolute atomic E-state index is 10.3. The second-order valence-electron chi connectivity index (χ2n) is 0.724. The van der Waals surface area contributed by atoms with Crippen LogP contribution < -0.4 is 11.8 Å². The van der Waals surface area contributed by atoms with Crippen molar-refractivity contribution in [3.05, 3.63) is 0 Å². The van der Waals surface area contributed by atoms with Crippen LogP contribution in [0, 0.1) is 0 Å². The van der Waals surface area contributed by atoms with Crippen LogP contribution in [0.2, 0.25) is 0 Å². The van der Waals surface area contributed by atoms with Gasteiger partial charge in [-0.15, -0.1) is 0 Å². The van der Waals surface area contributed by atoms with Crippen molar-refractivity contribution in [3.8, 4) is 0 Å². The third kappa shape index (κ3) is 1.88. The number of nitrogens with two attached hydrogens (primary N) is 2. The summed E-state index contributed by atoms with van der Waals surface area (Å²) in [6, 6.07) is 0. The number of hydrogen-bond donors (Lipinski definition) is 2. The first-order chi connectivity index (χ1) is 3.68. The van der Waals surface area contributed by atoms with Crippen molar-refractivity contribution in [3.63, 3.8) is 0 Å². The zero-order valence-electron chi connectivity index (χ0n) is 3.74. The van der Waals surface area contributed by atoms with Crippen LogP contribution >= 0.6 is 19.3 Å². The fourth-order valence-corrected chi connectivity index (χ4v) is 0.423. The zero-order valence-corrected chi connectivity index (χ0v) is 5.90. The van der Waals surface area contributed by atoms with Gasteiger partial charge in [0.05, 0.1) is 0 Å². The van der Waals surface area contributed by atoms with Gasteiger partial charge >= 0.3 is 49.5 Å². The van der Waals surface area contributed by atoms with E-state index in [-0.39, 0.29) is 4.29 Å². The average molecular weight is 236 g/mol. The van der Waals surface area contributed by atoms with Gasteiger partial charge in [0.1, 0.15) is 0 Å². The molecule has 0 bridgehead atoms. The molecule has 8 heavy (non-hydrogen) atoms. The summed E-state index contributed by atoms with van der Waals surface area (Å²) in [6.07, 6.45) is 0. The average Bonchev–Trinajstić information content (AvgIpc) is 1.87. The summed E-state index contributed by atoms with van der Waals surface area (Å²) in [7, 11) is 0. The maximum atomic E-state index is 10.3. The summed E-state index contributed by atoms with van der Waals surface area (Å²) in [6.45, 7) is 0. The predicted octanol–water partition coefficient (Wildman–Crippen LogP) is -0.825. The molecule has 0 atom stereocenters. The number of carbonyl (C=O) groups excluding carboxylic acids is 1. The van der Waals surface area contributed by atoms with Crippen molar-refractivity contribution in [1.29, 1.82) is 0 Å². The molecule has 0 aliphatic carbocycles. The molecule has 0 saturated carbocycles. The van der Waals surface area contributed by atoms with Crippen molar-refractivity contribution in [1.82, 2.24) is 0 Å². The van der Waals surface area contributed by atoms with E-state index in [0.29, 0.717) is 0 Å². The molecule has 0 fully saturated rings. The van der Waals surface area contributed by atoms with Crippen LogP contribution in [0.3, 0.4) is 0 Å². The van der Waals surface area contributed by atoms with Crippen LogP contribution in [0.15, 0.2) is 0 Å². The third-order valence-corrected chi connectivity index (χ3v) is 2.40. The molecular weight excluding hydrogens is 231 g/mol. The van der Waals surface area contributed by atoms with Crippen LogP contribution in [0.25, 0.3) is 0 Å². The van der Waals surface area contributed by atoms with E-state index in [1.165, 1.54) is 0 Å². The topological polar surface area (TPSA) is 105 Å². The normalized spacial score (nSPS) is 13.2. The summed E-state index contributed by atoms with van der Waals surface area (Å²) in [5, 5.41) is 0. The van der Waals surface area contributed by atoms with Crippen LogP contribution in [-0.2, 0) is 14.2 Å². The molecule has 0 aromatic heterocycles. The van der Waals surface area contributed by atoms with Crippen molar-refractivity contribution in [2.75, 3.05) is 0 Å². The number of carbonyl (C=O) groups is 1. The molecule has 50 valence electrons. The number of rotatable bonds is 3. The van der Waals surface area contributed by atoms with E-state index in [4.69, 9.17) is 0 Å². The summed E-state index contributed by atoms with van der Waals surface area (Å²) >= 11 is -4.43. The molecule has 0 aliphatic rings. The Labute approximate surface area is 50.0 Å². The van der Waals surface area contributed by atoms with E-state index in [1.807, 2.05) is 0 Å². The van der Waals surface area contributed by atoms with Gasteiger partial charge in [0.25, 0.3) is 0 Å². The summed E-state index contributed by atoms with van der Waals surface area (Å²) < 4.78 is 17.6. The third-order valence-electron chi connectivity index (χ3n) is 0.357. The van der Waals surface area contributed by atoms with Crippen LogP contribution in [-0.4, -0.2) is 4.29 Å². The Hall–Kier alpha value is 0.0400. The van der Waals surface area contributed by atoms with Crippen LogP contribution in [0.4, 0.5) is 0 Å². The molecule has 0 aromatic carbocycles. The first-order valence-electron chi connectivity index (χ1n) is 1.39. The van der Waals surface area contributed by atoms with E-state index in [9.17, 15) is 7.86 Å². The van der Waals surface area contributed by atoms with Gasteiger partial charge in [-0.05, 0) is 0 Å². The molecule has 0 unspecified atom stereocenters. The molecule has 0 spiro atoms. The fourth-order valence-electron chi connectivity index (χ4n) is 0.0630. The van der Waals surface area contributed by atoms with Crippen molar-refractivity contribution in [2.24, 2.45) is 11.8 Å². The first-order valence-corrected chi connectivity index (χ1v) is 5.28. The minimum atomic E-state index is -4.43. The SMILES string of the molecule is NOI(=O)(C=O)ON. The predicted molar refractivity (Wildman–Crippen MR) is 32.0 cm³/mol. The van der Waals surface area contributed by atoms with E-state index in [1.54, 1.807) is 0 Å². The van der Waals surface area contributed by atoms with E-state index < -0.39 is 19.3 Å². The molecule has 4 N–H and O–H groups in total. The summed E-state index contributed by atoms with van der Waals surface area (Å²) in [4.78, 5) is 9.65. The fraction of sp³-hybridized carbons (Fsp3) is 0. The minimum absolute atomic E-state index is 0.0214. The Kier molecular flexibility index (Phi) is 3.16. The van der Waals surface area contributed by atoms with Gasteiger partial charge in [0.2, 0.25) is 0 Å². The Morgan fingerprint density at radius 3 is 1.75 bits per heavy atom. The molecule has 0 rings (SSSR count). The van der Waals surface area contributed by atoms with Gasteiger partial charge in [-0.25, -0.2) is 0 Å². The van der Waals surface area contributed by atoms with Gasteiger partial charge in [-0.2, -0.15) is 0 Å². The monoisotopic (exact) mass is 236 g/mol. The van der Waals surface area contributed by atoms with Gasteiger partial charge in [0, 0.05) is 0 Å². The van der Waals surface area contributed by atoms with Crippen LogP contribution in [0.1, 0.15) is 0 Å². The first kappa shape index (κ1) is 8.04. The quantitative estimate of drug-likeness (QED) is 0.287. The van der Waals surface area contributed by atoms with Crippen molar-refractivity contribution < 1.29 is 14.2 Å². The van der Waals surface area contributed by atoms with Crippen LogP contribution in [0.5, 0.6) is 0 Å². The Morgan fingerprint density at radius 1 is 1.38 bits per heavy atom. The Bertz CT molecular complexity index is 115. The Morgan fingerprint density at radius 2 is 1.75 bits per heavy atom. The molecule has 0 aliphatic heterocycles. The standard InChI is InChI=1S/CH5IN2O4/c3-7-2(6,1-5)8-4/h1H,3-4H2. The van der Waals surface area contributed by atoms with E-state index in [0.717, 1.165) is 0 Å². The van der Waals surface area contributed by atoms with Gasteiger partial charge in [-0.1, -0.05) is 0 Å². The molecule has 0 heterocycles. The Balaban J connectivity index is 3.99. The second-order valence-corrected chi connectivity index (χ2v) is 4.85. The van der Waals surface area contributed by atoms with Crippen molar-refractivity contribution in [2.45, 2.75) is 0 Å². The van der Waals surface area contributed by atoms with E-state index in [2.05, 4.69) is 18.1 Å². The van der Waals surface area contributed by atoms with E-state index >= 15 is 0 Å². The summed E-state index contributed by atoms with van der Waals surface area (Å²) in [5.41, 5.74) is 0. The molecule has 7 heteroatoms. The number of halogens is 1. The van der Waals surface area contributed by atoms with Gasteiger partial charge in [-0.3, -0.25) is 0 Å². The molecule has 0 amide bonds. The molecule has 0 aromatic rings. The molecule has 6 nitrogen and oxygen atoms in total. The number of hydrogen-bond acceptors (Lipinski definition) is 6. The molecular formula is CH5IN2O4. The molecule has 0 saturated heterocycles. The molecule has 0 radical (unpaired) electrons. The second kappa shape index (κ2) is 3.14. The van der Waals surface area contributed by atoms with Gasteiger partial charge < -0.3 is 0 Å². The zero-order chi connectivity index (χ0) is 6.62.